The minimum absolute atomic E-state index is 0.0261. The second-order valence-corrected chi connectivity index (χ2v) is 4.80. The van der Waals surface area contributed by atoms with E-state index in [1.54, 1.807) is 7.05 Å². The fraction of sp³-hybridized carbons (Fsp3) is 0.800. The summed E-state index contributed by atoms with van der Waals surface area (Å²) in [5.41, 5.74) is 5.56. The average Bonchev–Trinajstić information content (AvgIpc) is 2.39. The van der Waals surface area contributed by atoms with E-state index in [-0.39, 0.29) is 23.9 Å². The third-order valence-electron chi connectivity index (χ3n) is 2.80. The lowest BCUT2D eigenvalue weighted by molar-refractivity contribution is -0.125. The zero-order valence-electron chi connectivity index (χ0n) is 9.62. The number of imide groups is 1. The number of hydrogen-bond donors (Lipinski definition) is 1. The molecule has 0 radical (unpaired) electrons. The van der Waals surface area contributed by atoms with Crippen molar-refractivity contribution in [3.63, 3.8) is 0 Å². The Bertz CT molecular complexity index is 276. The molecule has 2 N–H and O–H groups in total. The van der Waals surface area contributed by atoms with Gasteiger partial charge in [0.05, 0.1) is 0 Å². The summed E-state index contributed by atoms with van der Waals surface area (Å²) in [5.74, 6) is -0.115. The van der Waals surface area contributed by atoms with E-state index in [2.05, 4.69) is 0 Å². The number of hydrogen-bond acceptors (Lipinski definition) is 3. The largest absolute Gasteiger partial charge is 0.330 e. The fourth-order valence-electron chi connectivity index (χ4n) is 1.41. The third-order valence-corrected chi connectivity index (χ3v) is 2.80. The van der Waals surface area contributed by atoms with Crippen molar-refractivity contribution in [2.45, 2.75) is 20.3 Å². The van der Waals surface area contributed by atoms with Crippen molar-refractivity contribution in [2.75, 3.05) is 26.7 Å². The highest BCUT2D eigenvalue weighted by Crippen LogP contribution is 2.20. The number of carbonyl (C=O) groups excluding carboxylic acids is 2. The van der Waals surface area contributed by atoms with Crippen molar-refractivity contribution in [1.82, 2.24) is 9.80 Å². The standard InChI is InChI=1S/C10H19N3O2/c1-10(2,7-11)4-5-13-8(14)6-12(3)9(13)15/h4-7,11H2,1-3H3. The quantitative estimate of drug-likeness (QED) is 0.681. The van der Waals surface area contributed by atoms with Crippen LogP contribution in [0.5, 0.6) is 0 Å². The number of carbonyl (C=O) groups is 2. The van der Waals surface area contributed by atoms with Crippen LogP contribution in [-0.4, -0.2) is 48.4 Å². The number of rotatable bonds is 4. The van der Waals surface area contributed by atoms with Crippen LogP contribution in [-0.2, 0) is 4.79 Å². The van der Waals surface area contributed by atoms with Gasteiger partial charge in [0, 0.05) is 13.6 Å². The van der Waals surface area contributed by atoms with Gasteiger partial charge in [0.15, 0.2) is 0 Å². The zero-order chi connectivity index (χ0) is 11.6. The van der Waals surface area contributed by atoms with Crippen LogP contribution in [0, 0.1) is 5.41 Å². The van der Waals surface area contributed by atoms with Crippen LogP contribution in [0.3, 0.4) is 0 Å². The highest BCUT2D eigenvalue weighted by atomic mass is 16.2. The number of urea groups is 1. The molecule has 0 saturated carbocycles. The molecule has 0 aliphatic carbocycles. The number of nitrogens with zero attached hydrogens (tertiary/aromatic N) is 2. The van der Waals surface area contributed by atoms with E-state index in [1.807, 2.05) is 13.8 Å². The lowest BCUT2D eigenvalue weighted by Gasteiger charge is -2.24. The lowest BCUT2D eigenvalue weighted by Crippen LogP contribution is -2.36. The van der Waals surface area contributed by atoms with E-state index in [9.17, 15) is 9.59 Å². The summed E-state index contributed by atoms with van der Waals surface area (Å²) in [6.45, 7) is 5.27. The Hall–Kier alpha value is -1.10. The van der Waals surface area contributed by atoms with Crippen LogP contribution in [0.1, 0.15) is 20.3 Å². The lowest BCUT2D eigenvalue weighted by atomic mass is 9.89. The maximum atomic E-state index is 11.5. The molecule has 0 spiro atoms. The van der Waals surface area contributed by atoms with Crippen LogP contribution in [0.2, 0.25) is 0 Å². The first kappa shape index (κ1) is 12.0. The minimum atomic E-state index is -0.201. The van der Waals surface area contributed by atoms with Gasteiger partial charge in [0.1, 0.15) is 6.54 Å². The molecule has 5 heteroatoms. The van der Waals surface area contributed by atoms with Gasteiger partial charge in [-0.25, -0.2) is 4.79 Å². The molecule has 1 saturated heterocycles. The Morgan fingerprint density at radius 2 is 2.00 bits per heavy atom. The molecule has 0 aromatic rings. The summed E-state index contributed by atoms with van der Waals surface area (Å²) in [5, 5.41) is 0. The molecule has 0 aromatic heterocycles. The predicted octanol–water partition coefficient (Wildman–Crippen LogP) is 0.255. The van der Waals surface area contributed by atoms with Crippen molar-refractivity contribution >= 4 is 11.9 Å². The Kier molecular flexibility index (Phi) is 3.34. The summed E-state index contributed by atoms with van der Waals surface area (Å²) >= 11 is 0. The van der Waals surface area contributed by atoms with Gasteiger partial charge in [-0.15, -0.1) is 0 Å². The summed E-state index contributed by atoms with van der Waals surface area (Å²) < 4.78 is 0. The van der Waals surface area contributed by atoms with Gasteiger partial charge in [0.25, 0.3) is 0 Å². The Labute approximate surface area is 90.2 Å². The van der Waals surface area contributed by atoms with Crippen LogP contribution < -0.4 is 5.73 Å². The maximum Gasteiger partial charge on any atom is 0.326 e. The molecular formula is C10H19N3O2. The fourth-order valence-corrected chi connectivity index (χ4v) is 1.41. The van der Waals surface area contributed by atoms with Crippen LogP contribution >= 0.6 is 0 Å². The molecule has 0 unspecified atom stereocenters. The van der Waals surface area contributed by atoms with E-state index >= 15 is 0 Å². The molecule has 0 aromatic carbocycles. The van der Waals surface area contributed by atoms with Crippen molar-refractivity contribution < 1.29 is 9.59 Å². The average molecular weight is 213 g/mol. The molecule has 1 aliphatic rings. The van der Waals surface area contributed by atoms with Gasteiger partial charge in [-0.1, -0.05) is 13.8 Å². The third kappa shape index (κ3) is 2.68. The van der Waals surface area contributed by atoms with Crippen LogP contribution in [0.15, 0.2) is 0 Å². The summed E-state index contributed by atoms with van der Waals surface area (Å²) in [7, 11) is 1.63. The summed E-state index contributed by atoms with van der Waals surface area (Å²) in [6.07, 6.45) is 0.745. The molecule has 1 aliphatic heterocycles. The van der Waals surface area contributed by atoms with Gasteiger partial charge in [-0.3, -0.25) is 9.69 Å². The predicted molar refractivity (Wildman–Crippen MR) is 57.2 cm³/mol. The first-order valence-corrected chi connectivity index (χ1v) is 5.13. The highest BCUT2D eigenvalue weighted by Gasteiger charge is 2.34. The SMILES string of the molecule is CN1CC(=O)N(CCC(C)(C)CN)C1=O. The van der Waals surface area contributed by atoms with Crippen LogP contribution in [0.4, 0.5) is 4.79 Å². The molecule has 86 valence electrons. The molecular weight excluding hydrogens is 194 g/mol. The minimum Gasteiger partial charge on any atom is -0.330 e. The number of likely N-dealkylation sites (N-methyl/N-ethyl adjacent to an activating group) is 1. The normalized spacial score (nSPS) is 17.9. The molecule has 1 fully saturated rings. The number of amides is 3. The maximum absolute atomic E-state index is 11.5. The molecule has 0 bridgehead atoms. The van der Waals surface area contributed by atoms with E-state index < -0.39 is 0 Å². The molecule has 0 atom stereocenters. The van der Waals surface area contributed by atoms with Crippen molar-refractivity contribution in [3.05, 3.63) is 0 Å². The second kappa shape index (κ2) is 4.18. The molecule has 3 amide bonds. The van der Waals surface area contributed by atoms with Crippen LogP contribution in [0.25, 0.3) is 0 Å². The van der Waals surface area contributed by atoms with Gasteiger partial charge < -0.3 is 10.6 Å². The van der Waals surface area contributed by atoms with Crippen molar-refractivity contribution in [3.8, 4) is 0 Å². The smallest absolute Gasteiger partial charge is 0.326 e. The van der Waals surface area contributed by atoms with E-state index in [0.29, 0.717) is 13.1 Å². The summed E-state index contributed by atoms with van der Waals surface area (Å²) in [4.78, 5) is 25.7. The van der Waals surface area contributed by atoms with Crippen molar-refractivity contribution in [1.29, 1.82) is 0 Å². The van der Waals surface area contributed by atoms with E-state index in [1.165, 1.54) is 9.80 Å². The Morgan fingerprint density at radius 3 is 2.40 bits per heavy atom. The van der Waals surface area contributed by atoms with E-state index in [4.69, 9.17) is 5.73 Å². The zero-order valence-corrected chi connectivity index (χ0v) is 9.62. The van der Waals surface area contributed by atoms with Gasteiger partial charge >= 0.3 is 6.03 Å². The van der Waals surface area contributed by atoms with E-state index in [0.717, 1.165) is 6.42 Å². The molecule has 5 nitrogen and oxygen atoms in total. The second-order valence-electron chi connectivity index (χ2n) is 4.80. The first-order chi connectivity index (χ1) is 6.87. The Morgan fingerprint density at radius 1 is 1.40 bits per heavy atom. The molecule has 1 rings (SSSR count). The van der Waals surface area contributed by atoms with Gasteiger partial charge in [0.2, 0.25) is 5.91 Å². The number of nitrogens with two attached hydrogens (primary N) is 1. The van der Waals surface area contributed by atoms with Crippen molar-refractivity contribution in [2.24, 2.45) is 11.1 Å². The first-order valence-electron chi connectivity index (χ1n) is 5.13. The monoisotopic (exact) mass is 213 g/mol. The molecule has 1 heterocycles. The molecule has 15 heavy (non-hydrogen) atoms. The highest BCUT2D eigenvalue weighted by molar-refractivity contribution is 6.01. The summed E-state index contributed by atoms with van der Waals surface area (Å²) in [6, 6.07) is -0.201. The van der Waals surface area contributed by atoms with Gasteiger partial charge in [-0.05, 0) is 18.4 Å². The topological polar surface area (TPSA) is 66.6 Å². The Balaban J connectivity index is 2.52. The van der Waals surface area contributed by atoms with Gasteiger partial charge in [-0.2, -0.15) is 0 Å².